The average molecular weight is 414 g/mol. The minimum Gasteiger partial charge on any atom is -0.493 e. The largest absolute Gasteiger partial charge is 0.493 e. The molecule has 0 atom stereocenters. The highest BCUT2D eigenvalue weighted by molar-refractivity contribution is 7.18. The lowest BCUT2D eigenvalue weighted by atomic mass is 10.3. The summed E-state index contributed by atoms with van der Waals surface area (Å²) in [5, 5.41) is 3.52. The molecule has 3 aromatic rings. The van der Waals surface area contributed by atoms with Crippen LogP contribution in [0.3, 0.4) is 0 Å². The van der Waals surface area contributed by atoms with Crippen LogP contribution in [0, 0.1) is 0 Å². The number of aromatic nitrogens is 1. The molecular weight excluding hydrogens is 392 g/mol. The van der Waals surface area contributed by atoms with Gasteiger partial charge in [-0.15, -0.1) is 11.3 Å². The van der Waals surface area contributed by atoms with Gasteiger partial charge in [0, 0.05) is 6.42 Å². The van der Waals surface area contributed by atoms with Gasteiger partial charge in [0.25, 0.3) is 5.91 Å². The van der Waals surface area contributed by atoms with Crippen LogP contribution in [-0.4, -0.2) is 43.7 Å². The van der Waals surface area contributed by atoms with Crippen LogP contribution in [0.1, 0.15) is 11.4 Å². The Balaban J connectivity index is 1.31. The van der Waals surface area contributed by atoms with Crippen LogP contribution < -0.4 is 14.8 Å². The highest BCUT2D eigenvalue weighted by atomic mass is 32.1. The van der Waals surface area contributed by atoms with Crippen molar-refractivity contribution in [3.8, 4) is 11.5 Å². The van der Waals surface area contributed by atoms with Crippen LogP contribution in [0.15, 0.2) is 48.5 Å². The Bertz CT molecular complexity index is 939. The van der Waals surface area contributed by atoms with E-state index in [0.717, 1.165) is 15.2 Å². The van der Waals surface area contributed by atoms with Gasteiger partial charge in [0.05, 0.1) is 35.3 Å². The first kappa shape index (κ1) is 20.6. The number of fused-ring (bicyclic) bond motifs is 1. The van der Waals surface area contributed by atoms with Gasteiger partial charge in [0.2, 0.25) is 0 Å². The number of carbonyl (C=O) groups excluding carboxylic acids is 2. The Kier molecular flexibility index (Phi) is 7.40. The fourth-order valence-electron chi connectivity index (χ4n) is 2.59. The second-order valence-corrected chi connectivity index (χ2v) is 7.20. The summed E-state index contributed by atoms with van der Waals surface area (Å²) in [4.78, 5) is 28.1. The van der Waals surface area contributed by atoms with Gasteiger partial charge in [-0.25, -0.2) is 4.98 Å². The molecule has 3 rings (SSSR count). The number of amides is 1. The first-order chi connectivity index (χ1) is 14.2. The van der Waals surface area contributed by atoms with E-state index < -0.39 is 5.97 Å². The summed E-state index contributed by atoms with van der Waals surface area (Å²) in [6, 6.07) is 15.1. The maximum Gasteiger partial charge on any atom is 0.306 e. The van der Waals surface area contributed by atoms with E-state index >= 15 is 0 Å². The maximum absolute atomic E-state index is 11.9. The third-order valence-electron chi connectivity index (χ3n) is 4.00. The van der Waals surface area contributed by atoms with Crippen molar-refractivity contribution in [3.63, 3.8) is 0 Å². The Morgan fingerprint density at radius 2 is 1.83 bits per heavy atom. The van der Waals surface area contributed by atoms with Crippen LogP contribution in [0.2, 0.25) is 0 Å². The van der Waals surface area contributed by atoms with Crippen molar-refractivity contribution in [2.75, 3.05) is 26.9 Å². The first-order valence-electron chi connectivity index (χ1n) is 9.18. The number of thiazole rings is 1. The summed E-state index contributed by atoms with van der Waals surface area (Å²) in [6.45, 7) is 0.255. The summed E-state index contributed by atoms with van der Waals surface area (Å²) >= 11 is 1.56. The fraction of sp³-hybridized carbons (Fsp3) is 0.286. The molecule has 0 fully saturated rings. The zero-order valence-corrected chi connectivity index (χ0v) is 16.9. The summed E-state index contributed by atoms with van der Waals surface area (Å²) in [5.74, 6) is 0.429. The van der Waals surface area contributed by atoms with E-state index in [4.69, 9.17) is 14.2 Å². The quantitative estimate of drug-likeness (QED) is 0.405. The summed E-state index contributed by atoms with van der Waals surface area (Å²) in [6.07, 6.45) is 0.677. The third-order valence-corrected chi connectivity index (χ3v) is 5.09. The van der Waals surface area contributed by atoms with Crippen molar-refractivity contribution in [1.29, 1.82) is 0 Å². The van der Waals surface area contributed by atoms with Gasteiger partial charge in [-0.05, 0) is 24.3 Å². The molecule has 1 heterocycles. The molecule has 2 aromatic carbocycles. The predicted octanol–water partition coefficient (Wildman–Crippen LogP) is 2.98. The van der Waals surface area contributed by atoms with E-state index in [1.807, 2.05) is 36.4 Å². The van der Waals surface area contributed by atoms with E-state index in [-0.39, 0.29) is 25.5 Å². The lowest BCUT2D eigenvalue weighted by Crippen LogP contribution is -2.32. The van der Waals surface area contributed by atoms with Gasteiger partial charge in [0.15, 0.2) is 18.1 Å². The Morgan fingerprint density at radius 1 is 1.07 bits per heavy atom. The minimum absolute atomic E-state index is 0.185. The molecule has 0 bridgehead atoms. The fourth-order valence-corrected chi connectivity index (χ4v) is 3.56. The standard InChI is InChI=1S/C21H22N2O5S/c1-26-16-7-3-4-8-17(16)27-13-12-22-19(24)14-28-21(25)11-10-20-23-15-6-2-5-9-18(15)29-20/h2-9H,10-14H2,1H3,(H,22,24). The number of carbonyl (C=O) groups is 2. The Hall–Kier alpha value is -3.13. The number of methoxy groups -OCH3 is 1. The number of benzene rings is 2. The van der Waals surface area contributed by atoms with Crippen LogP contribution in [-0.2, 0) is 20.7 Å². The highest BCUT2D eigenvalue weighted by Crippen LogP contribution is 2.25. The number of aryl methyl sites for hydroxylation is 1. The molecule has 152 valence electrons. The lowest BCUT2D eigenvalue weighted by Gasteiger charge is -2.11. The second-order valence-electron chi connectivity index (χ2n) is 6.09. The third kappa shape index (κ3) is 6.18. The summed E-state index contributed by atoms with van der Waals surface area (Å²) in [5.41, 5.74) is 0.926. The number of esters is 1. The number of nitrogens with zero attached hydrogens (tertiary/aromatic N) is 1. The molecule has 1 N–H and O–H groups in total. The number of para-hydroxylation sites is 3. The maximum atomic E-state index is 11.9. The summed E-state index contributed by atoms with van der Waals surface area (Å²) < 4.78 is 16.9. The molecule has 0 radical (unpaired) electrons. The van der Waals surface area contributed by atoms with Crippen molar-refractivity contribution < 1.29 is 23.8 Å². The molecule has 0 saturated carbocycles. The first-order valence-corrected chi connectivity index (χ1v) is 10.00. The molecule has 1 amide bonds. The number of ether oxygens (including phenoxy) is 3. The smallest absolute Gasteiger partial charge is 0.306 e. The van der Waals surface area contributed by atoms with Gasteiger partial charge in [-0.3, -0.25) is 9.59 Å². The molecule has 0 aliphatic carbocycles. The van der Waals surface area contributed by atoms with Gasteiger partial charge >= 0.3 is 5.97 Å². The highest BCUT2D eigenvalue weighted by Gasteiger charge is 2.10. The predicted molar refractivity (Wildman–Crippen MR) is 110 cm³/mol. The monoisotopic (exact) mass is 414 g/mol. The Labute approximate surface area is 172 Å². The lowest BCUT2D eigenvalue weighted by molar-refractivity contribution is -0.148. The molecule has 7 nitrogen and oxygen atoms in total. The van der Waals surface area contributed by atoms with Gasteiger partial charge in [0.1, 0.15) is 6.61 Å². The minimum atomic E-state index is -0.426. The zero-order valence-electron chi connectivity index (χ0n) is 16.1. The molecular formula is C21H22N2O5S. The van der Waals surface area contributed by atoms with Crippen LogP contribution in [0.4, 0.5) is 0 Å². The molecule has 1 aromatic heterocycles. The van der Waals surface area contributed by atoms with E-state index in [0.29, 0.717) is 24.5 Å². The zero-order chi connectivity index (χ0) is 20.5. The van der Waals surface area contributed by atoms with Gasteiger partial charge in [-0.2, -0.15) is 0 Å². The molecule has 0 unspecified atom stereocenters. The molecule has 0 aliphatic rings. The molecule has 0 spiro atoms. The normalized spacial score (nSPS) is 10.5. The molecule has 0 saturated heterocycles. The van der Waals surface area contributed by atoms with E-state index in [1.54, 1.807) is 30.6 Å². The number of hydrogen-bond acceptors (Lipinski definition) is 7. The number of nitrogens with one attached hydrogen (secondary N) is 1. The molecule has 29 heavy (non-hydrogen) atoms. The number of rotatable bonds is 10. The van der Waals surface area contributed by atoms with E-state index in [1.165, 1.54) is 0 Å². The van der Waals surface area contributed by atoms with E-state index in [9.17, 15) is 9.59 Å². The van der Waals surface area contributed by atoms with Gasteiger partial charge in [-0.1, -0.05) is 24.3 Å². The van der Waals surface area contributed by atoms with Crippen molar-refractivity contribution >= 4 is 33.4 Å². The van der Waals surface area contributed by atoms with Crippen molar-refractivity contribution in [2.45, 2.75) is 12.8 Å². The van der Waals surface area contributed by atoms with Crippen molar-refractivity contribution in [1.82, 2.24) is 10.3 Å². The second kappa shape index (κ2) is 10.4. The van der Waals surface area contributed by atoms with Crippen LogP contribution >= 0.6 is 11.3 Å². The van der Waals surface area contributed by atoms with Crippen molar-refractivity contribution in [2.24, 2.45) is 0 Å². The molecule has 0 aliphatic heterocycles. The van der Waals surface area contributed by atoms with E-state index in [2.05, 4.69) is 10.3 Å². The van der Waals surface area contributed by atoms with Crippen LogP contribution in [0.5, 0.6) is 11.5 Å². The van der Waals surface area contributed by atoms with Gasteiger partial charge < -0.3 is 19.5 Å². The average Bonchev–Trinajstić information content (AvgIpc) is 3.17. The summed E-state index contributed by atoms with van der Waals surface area (Å²) in [7, 11) is 1.56. The van der Waals surface area contributed by atoms with Crippen LogP contribution in [0.25, 0.3) is 10.2 Å². The number of hydrogen-bond donors (Lipinski definition) is 1. The Morgan fingerprint density at radius 3 is 2.62 bits per heavy atom. The SMILES string of the molecule is COc1ccccc1OCCNC(=O)COC(=O)CCc1nc2ccccc2s1. The topological polar surface area (TPSA) is 86.8 Å². The van der Waals surface area contributed by atoms with Crippen molar-refractivity contribution in [3.05, 3.63) is 53.5 Å². The molecule has 8 heteroatoms.